The molecule has 4 rings (SSSR count). The Kier molecular flexibility index (Phi) is 4.92. The maximum atomic E-state index is 12.4. The quantitative estimate of drug-likeness (QED) is 0.528. The van der Waals surface area contributed by atoms with Crippen molar-refractivity contribution >= 4 is 28.2 Å². The van der Waals surface area contributed by atoms with Crippen molar-refractivity contribution < 1.29 is 9.32 Å². The summed E-state index contributed by atoms with van der Waals surface area (Å²) in [7, 11) is 0. The molecule has 6 nitrogen and oxygen atoms in total. The molecule has 0 bridgehead atoms. The van der Waals surface area contributed by atoms with Gasteiger partial charge in [-0.15, -0.1) is 11.3 Å². The molecule has 3 heterocycles. The number of hydrogen-bond donors (Lipinski definition) is 1. The van der Waals surface area contributed by atoms with Gasteiger partial charge in [-0.3, -0.25) is 9.78 Å². The fraction of sp³-hybridized carbons (Fsp3) is 0.238. The first-order chi connectivity index (χ1) is 13.5. The van der Waals surface area contributed by atoms with E-state index in [1.807, 2.05) is 37.3 Å². The number of carbonyl (C=O) groups excluding carboxylic acids is 1. The van der Waals surface area contributed by atoms with Crippen LogP contribution in [0, 0.1) is 5.92 Å². The van der Waals surface area contributed by atoms with Crippen molar-refractivity contribution in [2.24, 2.45) is 5.92 Å². The van der Waals surface area contributed by atoms with Crippen molar-refractivity contribution in [3.8, 4) is 21.8 Å². The highest BCUT2D eigenvalue weighted by molar-refractivity contribution is 7.17. The monoisotopic (exact) mass is 392 g/mol. The van der Waals surface area contributed by atoms with E-state index in [9.17, 15) is 4.79 Å². The topological polar surface area (TPSA) is 80.9 Å². The van der Waals surface area contributed by atoms with Gasteiger partial charge in [0.05, 0.1) is 11.6 Å². The first kappa shape index (κ1) is 18.3. The number of thiazole rings is 1. The Morgan fingerprint density at radius 1 is 1.11 bits per heavy atom. The van der Waals surface area contributed by atoms with E-state index in [2.05, 4.69) is 34.3 Å². The van der Waals surface area contributed by atoms with Crippen LogP contribution in [0.5, 0.6) is 0 Å². The molecule has 4 aromatic rings. The fourth-order valence-corrected chi connectivity index (χ4v) is 3.56. The lowest BCUT2D eigenvalue weighted by atomic mass is 10.1. The summed E-state index contributed by atoms with van der Waals surface area (Å²) in [4.78, 5) is 21.4. The highest BCUT2D eigenvalue weighted by atomic mass is 32.1. The normalized spacial score (nSPS) is 12.4. The number of carbonyl (C=O) groups is 1. The van der Waals surface area contributed by atoms with Crippen LogP contribution in [0.1, 0.15) is 30.4 Å². The van der Waals surface area contributed by atoms with Crippen LogP contribution in [0.4, 0.5) is 0 Å². The van der Waals surface area contributed by atoms with Crippen molar-refractivity contribution in [3.63, 3.8) is 0 Å². The van der Waals surface area contributed by atoms with E-state index in [1.54, 1.807) is 18.6 Å². The number of hydrogen-bond acceptors (Lipinski definition) is 6. The first-order valence-electron chi connectivity index (χ1n) is 9.10. The summed E-state index contributed by atoms with van der Waals surface area (Å²) in [6.07, 6.45) is 5.11. The molecule has 0 fully saturated rings. The Morgan fingerprint density at radius 2 is 1.89 bits per heavy atom. The lowest BCUT2D eigenvalue weighted by Crippen LogP contribution is -2.35. The predicted octanol–water partition coefficient (Wildman–Crippen LogP) is 4.79. The summed E-state index contributed by atoms with van der Waals surface area (Å²) in [6.45, 7) is 6.14. The molecule has 0 aliphatic rings. The minimum Gasteiger partial charge on any atom is -0.356 e. The number of aromatic nitrogens is 3. The number of nitrogens with zero attached hydrogens (tertiary/aromatic N) is 3. The van der Waals surface area contributed by atoms with Gasteiger partial charge < -0.3 is 9.84 Å². The van der Waals surface area contributed by atoms with Gasteiger partial charge in [0, 0.05) is 18.4 Å². The SMILES string of the molecule is CC(C)[C@H](C)NC(=O)c1cnc(-c2noc3cc(-c4ccncc4)ccc23)s1. The third-order valence-electron chi connectivity index (χ3n) is 4.78. The van der Waals surface area contributed by atoms with E-state index in [0.29, 0.717) is 27.1 Å². The van der Waals surface area contributed by atoms with E-state index in [0.717, 1.165) is 16.5 Å². The number of benzene rings is 1. The predicted molar refractivity (Wildman–Crippen MR) is 110 cm³/mol. The average molecular weight is 392 g/mol. The molecule has 0 unspecified atom stereocenters. The van der Waals surface area contributed by atoms with Crippen LogP contribution in [0.3, 0.4) is 0 Å². The summed E-state index contributed by atoms with van der Waals surface area (Å²) < 4.78 is 5.53. The molecule has 142 valence electrons. The second-order valence-corrected chi connectivity index (χ2v) is 8.04. The second kappa shape index (κ2) is 7.52. The standard InChI is InChI=1S/C21H20N4O2S/c1-12(2)13(3)24-20(26)18-11-23-21(28-18)19-16-5-4-15(10-17(16)27-25-19)14-6-8-22-9-7-14/h4-13H,1-3H3,(H,24,26)/t13-/m0/s1. The molecule has 28 heavy (non-hydrogen) atoms. The Bertz CT molecular complexity index is 1120. The Balaban J connectivity index is 1.62. The highest BCUT2D eigenvalue weighted by Gasteiger charge is 2.19. The lowest BCUT2D eigenvalue weighted by Gasteiger charge is -2.16. The third-order valence-corrected chi connectivity index (χ3v) is 5.78. The summed E-state index contributed by atoms with van der Waals surface area (Å²) >= 11 is 1.31. The molecule has 0 saturated heterocycles. The van der Waals surface area contributed by atoms with Gasteiger partial charge in [0.25, 0.3) is 5.91 Å². The van der Waals surface area contributed by atoms with Crippen LogP contribution in [-0.4, -0.2) is 27.1 Å². The van der Waals surface area contributed by atoms with Crippen LogP contribution in [0.25, 0.3) is 32.8 Å². The minimum atomic E-state index is -0.113. The van der Waals surface area contributed by atoms with Crippen molar-refractivity contribution in [2.45, 2.75) is 26.8 Å². The zero-order valence-electron chi connectivity index (χ0n) is 15.8. The molecular formula is C21H20N4O2S. The maximum absolute atomic E-state index is 12.4. The van der Waals surface area contributed by atoms with Crippen molar-refractivity contribution in [1.82, 2.24) is 20.4 Å². The van der Waals surface area contributed by atoms with Crippen LogP contribution in [-0.2, 0) is 0 Å². The van der Waals surface area contributed by atoms with Gasteiger partial charge in [0.15, 0.2) is 5.58 Å². The molecular weight excluding hydrogens is 372 g/mol. The van der Waals surface area contributed by atoms with E-state index in [1.165, 1.54) is 11.3 Å². The Hall–Kier alpha value is -3.06. The van der Waals surface area contributed by atoms with Gasteiger partial charge in [-0.2, -0.15) is 0 Å². The molecule has 0 aliphatic carbocycles. The summed E-state index contributed by atoms with van der Waals surface area (Å²) in [6, 6.07) is 9.93. The summed E-state index contributed by atoms with van der Waals surface area (Å²) in [5, 5.41) is 8.73. The Labute approximate surface area is 166 Å². The van der Waals surface area contributed by atoms with Crippen molar-refractivity contribution in [2.75, 3.05) is 0 Å². The second-order valence-electron chi connectivity index (χ2n) is 7.01. The Morgan fingerprint density at radius 3 is 2.64 bits per heavy atom. The molecule has 1 N–H and O–H groups in total. The van der Waals surface area contributed by atoms with Gasteiger partial charge in [-0.05, 0) is 48.2 Å². The lowest BCUT2D eigenvalue weighted by molar-refractivity contribution is 0.0934. The summed E-state index contributed by atoms with van der Waals surface area (Å²) in [5.41, 5.74) is 3.41. The highest BCUT2D eigenvalue weighted by Crippen LogP contribution is 2.33. The molecule has 0 aliphatic heterocycles. The molecule has 1 amide bonds. The molecule has 7 heteroatoms. The molecule has 1 atom stereocenters. The molecule has 3 aromatic heterocycles. The third kappa shape index (κ3) is 3.53. The molecule has 0 saturated carbocycles. The number of fused-ring (bicyclic) bond motifs is 1. The number of pyridine rings is 1. The smallest absolute Gasteiger partial charge is 0.263 e. The van der Waals surface area contributed by atoms with E-state index in [-0.39, 0.29) is 11.9 Å². The fourth-order valence-electron chi connectivity index (χ4n) is 2.75. The zero-order valence-corrected chi connectivity index (χ0v) is 16.7. The van der Waals surface area contributed by atoms with Crippen LogP contribution >= 0.6 is 11.3 Å². The van der Waals surface area contributed by atoms with E-state index in [4.69, 9.17) is 4.52 Å². The van der Waals surface area contributed by atoms with Crippen molar-refractivity contribution in [1.29, 1.82) is 0 Å². The van der Waals surface area contributed by atoms with Gasteiger partial charge in [-0.25, -0.2) is 4.98 Å². The average Bonchev–Trinajstić information content (AvgIpc) is 3.35. The van der Waals surface area contributed by atoms with Gasteiger partial charge >= 0.3 is 0 Å². The minimum absolute atomic E-state index is 0.0949. The molecule has 1 aromatic carbocycles. The number of amides is 1. The first-order valence-corrected chi connectivity index (χ1v) is 9.91. The van der Waals surface area contributed by atoms with E-state index < -0.39 is 0 Å². The number of nitrogens with one attached hydrogen (secondary N) is 1. The van der Waals surface area contributed by atoms with Gasteiger partial charge in [0.1, 0.15) is 15.6 Å². The van der Waals surface area contributed by atoms with E-state index >= 15 is 0 Å². The van der Waals surface area contributed by atoms with Crippen molar-refractivity contribution in [3.05, 3.63) is 53.8 Å². The van der Waals surface area contributed by atoms with Gasteiger partial charge in [-0.1, -0.05) is 25.1 Å². The number of rotatable bonds is 5. The van der Waals surface area contributed by atoms with Crippen LogP contribution in [0.15, 0.2) is 53.4 Å². The zero-order chi connectivity index (χ0) is 19.7. The van der Waals surface area contributed by atoms with Crippen LogP contribution < -0.4 is 5.32 Å². The largest absolute Gasteiger partial charge is 0.356 e. The van der Waals surface area contributed by atoms with Gasteiger partial charge in [0.2, 0.25) is 0 Å². The maximum Gasteiger partial charge on any atom is 0.263 e. The van der Waals surface area contributed by atoms with Crippen LogP contribution in [0.2, 0.25) is 0 Å². The summed E-state index contributed by atoms with van der Waals surface area (Å²) in [5.74, 6) is 0.253. The molecule has 0 spiro atoms. The molecule has 0 radical (unpaired) electrons.